The van der Waals surface area contributed by atoms with E-state index in [1.807, 2.05) is 13.0 Å². The van der Waals surface area contributed by atoms with Gasteiger partial charge in [0.25, 0.3) is 0 Å². The van der Waals surface area contributed by atoms with E-state index in [9.17, 15) is 4.39 Å². The lowest BCUT2D eigenvalue weighted by molar-refractivity contribution is 0.376. The lowest BCUT2D eigenvalue weighted by Crippen LogP contribution is -2.22. The summed E-state index contributed by atoms with van der Waals surface area (Å²) >= 11 is 3.26. The van der Waals surface area contributed by atoms with Crippen LogP contribution in [0.15, 0.2) is 39.4 Å². The lowest BCUT2D eigenvalue weighted by Gasteiger charge is -2.17. The molecule has 0 bridgehead atoms. The molecule has 1 unspecified atom stereocenters. The van der Waals surface area contributed by atoms with Gasteiger partial charge < -0.3 is 14.5 Å². The number of halogens is 2. The van der Waals surface area contributed by atoms with Crippen LogP contribution >= 0.6 is 15.9 Å². The fourth-order valence-electron chi connectivity index (χ4n) is 1.96. The summed E-state index contributed by atoms with van der Waals surface area (Å²) in [6.45, 7) is 2.66. The zero-order valence-corrected chi connectivity index (χ0v) is 12.3. The average molecular weight is 328 g/mol. The van der Waals surface area contributed by atoms with Gasteiger partial charge in [0.1, 0.15) is 5.76 Å². The van der Waals surface area contributed by atoms with Gasteiger partial charge in [0, 0.05) is 5.56 Å². The highest BCUT2D eigenvalue weighted by Gasteiger charge is 2.22. The molecule has 1 atom stereocenters. The Morgan fingerprint density at radius 3 is 2.74 bits per heavy atom. The number of furan rings is 1. The Labute approximate surface area is 119 Å². The Hall–Kier alpha value is -1.33. The van der Waals surface area contributed by atoms with Crippen LogP contribution < -0.4 is 10.1 Å². The van der Waals surface area contributed by atoms with Gasteiger partial charge >= 0.3 is 0 Å². The minimum atomic E-state index is -0.372. The Kier molecular flexibility index (Phi) is 4.61. The van der Waals surface area contributed by atoms with Crippen molar-refractivity contribution < 1.29 is 13.5 Å². The number of rotatable bonds is 5. The average Bonchev–Trinajstić information content (AvgIpc) is 2.83. The first kappa shape index (κ1) is 14.1. The lowest BCUT2D eigenvalue weighted by atomic mass is 10.0. The topological polar surface area (TPSA) is 34.4 Å². The maximum Gasteiger partial charge on any atom is 0.170 e. The van der Waals surface area contributed by atoms with Gasteiger partial charge in [-0.2, -0.15) is 0 Å². The highest BCUT2D eigenvalue weighted by molar-refractivity contribution is 9.10. The van der Waals surface area contributed by atoms with Gasteiger partial charge in [0.15, 0.2) is 16.2 Å². The summed E-state index contributed by atoms with van der Waals surface area (Å²) in [6, 6.07) is 8.35. The van der Waals surface area contributed by atoms with Crippen molar-refractivity contribution in [1.82, 2.24) is 5.32 Å². The second-order valence-corrected chi connectivity index (χ2v) is 4.78. The molecular weight excluding hydrogens is 313 g/mol. The Bertz CT molecular complexity index is 556. The molecule has 2 aromatic rings. The van der Waals surface area contributed by atoms with Crippen LogP contribution in [0.2, 0.25) is 0 Å². The van der Waals surface area contributed by atoms with Crippen molar-refractivity contribution in [3.8, 4) is 5.75 Å². The molecule has 0 amide bonds. The van der Waals surface area contributed by atoms with E-state index >= 15 is 0 Å². The third kappa shape index (κ3) is 2.98. The molecule has 1 aromatic carbocycles. The van der Waals surface area contributed by atoms with Gasteiger partial charge in [-0.05, 0) is 40.7 Å². The molecule has 0 saturated heterocycles. The smallest absolute Gasteiger partial charge is 0.170 e. The van der Waals surface area contributed by atoms with E-state index in [2.05, 4.69) is 21.2 Å². The van der Waals surface area contributed by atoms with Crippen molar-refractivity contribution in [2.75, 3.05) is 13.7 Å². The van der Waals surface area contributed by atoms with Gasteiger partial charge in [-0.25, -0.2) is 4.39 Å². The van der Waals surface area contributed by atoms with E-state index in [1.54, 1.807) is 24.3 Å². The molecule has 19 heavy (non-hydrogen) atoms. The third-order valence-corrected chi connectivity index (χ3v) is 3.24. The van der Waals surface area contributed by atoms with Crippen LogP contribution in [-0.2, 0) is 0 Å². The largest absolute Gasteiger partial charge is 0.494 e. The molecule has 0 aliphatic rings. The zero-order valence-electron chi connectivity index (χ0n) is 10.7. The number of nitrogens with one attached hydrogen (secondary N) is 1. The Morgan fingerprint density at radius 1 is 1.37 bits per heavy atom. The minimum absolute atomic E-state index is 0.228. The summed E-state index contributed by atoms with van der Waals surface area (Å²) in [5.74, 6) is 0.510. The highest BCUT2D eigenvalue weighted by atomic mass is 79.9. The summed E-state index contributed by atoms with van der Waals surface area (Å²) in [4.78, 5) is 0. The molecule has 0 saturated carbocycles. The first-order valence-corrected chi connectivity index (χ1v) is 6.77. The molecule has 0 aliphatic carbocycles. The molecule has 1 aromatic heterocycles. The number of hydrogen-bond acceptors (Lipinski definition) is 3. The van der Waals surface area contributed by atoms with Gasteiger partial charge in [-0.3, -0.25) is 0 Å². The van der Waals surface area contributed by atoms with E-state index in [0.717, 1.165) is 0 Å². The highest BCUT2D eigenvalue weighted by Crippen LogP contribution is 2.31. The van der Waals surface area contributed by atoms with E-state index < -0.39 is 0 Å². The van der Waals surface area contributed by atoms with Crippen molar-refractivity contribution in [2.24, 2.45) is 0 Å². The fourth-order valence-corrected chi connectivity index (χ4v) is 2.28. The molecule has 0 fully saturated rings. The molecule has 1 heterocycles. The SMILES string of the molecule is CCNC(c1ccc(Br)o1)c1cccc(OC)c1F. The summed E-state index contributed by atoms with van der Waals surface area (Å²) in [5, 5.41) is 3.21. The maximum atomic E-state index is 14.3. The standard InChI is InChI=1S/C14H15BrFNO2/c1-3-17-14(11-7-8-12(15)19-11)9-5-4-6-10(18-2)13(9)16/h4-8,14,17H,3H2,1-2H3. The van der Waals surface area contributed by atoms with Crippen molar-refractivity contribution in [2.45, 2.75) is 13.0 Å². The van der Waals surface area contributed by atoms with Gasteiger partial charge in [0.2, 0.25) is 0 Å². The molecule has 0 radical (unpaired) electrons. The van der Waals surface area contributed by atoms with Crippen LogP contribution in [0.4, 0.5) is 4.39 Å². The van der Waals surface area contributed by atoms with Crippen LogP contribution in [-0.4, -0.2) is 13.7 Å². The normalized spacial score (nSPS) is 12.4. The molecule has 2 rings (SSSR count). The van der Waals surface area contributed by atoms with E-state index in [1.165, 1.54) is 7.11 Å². The van der Waals surface area contributed by atoms with Crippen molar-refractivity contribution in [3.63, 3.8) is 0 Å². The molecular formula is C14H15BrFNO2. The third-order valence-electron chi connectivity index (χ3n) is 2.81. The summed E-state index contributed by atoms with van der Waals surface area (Å²) in [6.07, 6.45) is 0. The van der Waals surface area contributed by atoms with Gasteiger partial charge in [-0.1, -0.05) is 19.1 Å². The van der Waals surface area contributed by atoms with Crippen LogP contribution in [0.25, 0.3) is 0 Å². The van der Waals surface area contributed by atoms with E-state index in [-0.39, 0.29) is 17.6 Å². The maximum absolute atomic E-state index is 14.3. The van der Waals surface area contributed by atoms with Crippen molar-refractivity contribution in [1.29, 1.82) is 0 Å². The summed E-state index contributed by atoms with van der Waals surface area (Å²) in [5.41, 5.74) is 0.503. The predicted molar refractivity (Wildman–Crippen MR) is 74.9 cm³/mol. The van der Waals surface area contributed by atoms with E-state index in [0.29, 0.717) is 22.5 Å². The fraction of sp³-hybridized carbons (Fsp3) is 0.286. The number of methoxy groups -OCH3 is 1. The summed E-state index contributed by atoms with van der Waals surface area (Å²) in [7, 11) is 1.45. The zero-order chi connectivity index (χ0) is 13.8. The second kappa shape index (κ2) is 6.21. The molecule has 1 N–H and O–H groups in total. The van der Waals surface area contributed by atoms with Crippen LogP contribution in [0.5, 0.6) is 5.75 Å². The second-order valence-electron chi connectivity index (χ2n) is 4.00. The first-order chi connectivity index (χ1) is 9.17. The van der Waals surface area contributed by atoms with Crippen LogP contribution in [0.3, 0.4) is 0 Å². The number of benzene rings is 1. The predicted octanol–water partition coefficient (Wildman–Crippen LogP) is 3.89. The van der Waals surface area contributed by atoms with Crippen molar-refractivity contribution >= 4 is 15.9 Å². The molecule has 5 heteroatoms. The molecule has 102 valence electrons. The Balaban J connectivity index is 2.44. The molecule has 0 aliphatic heterocycles. The van der Waals surface area contributed by atoms with Gasteiger partial charge in [-0.15, -0.1) is 0 Å². The molecule has 3 nitrogen and oxygen atoms in total. The van der Waals surface area contributed by atoms with Crippen LogP contribution in [0.1, 0.15) is 24.3 Å². The monoisotopic (exact) mass is 327 g/mol. The van der Waals surface area contributed by atoms with Gasteiger partial charge in [0.05, 0.1) is 13.2 Å². The first-order valence-electron chi connectivity index (χ1n) is 5.98. The molecule has 0 spiro atoms. The van der Waals surface area contributed by atoms with E-state index in [4.69, 9.17) is 9.15 Å². The Morgan fingerprint density at radius 2 is 2.16 bits per heavy atom. The van der Waals surface area contributed by atoms with Crippen LogP contribution in [0, 0.1) is 5.82 Å². The summed E-state index contributed by atoms with van der Waals surface area (Å²) < 4.78 is 25.5. The van der Waals surface area contributed by atoms with Crippen molar-refractivity contribution in [3.05, 3.63) is 52.1 Å². The number of hydrogen-bond donors (Lipinski definition) is 1. The minimum Gasteiger partial charge on any atom is -0.494 e. The number of ether oxygens (including phenoxy) is 1. The quantitative estimate of drug-likeness (QED) is 0.904.